The van der Waals surface area contributed by atoms with E-state index in [2.05, 4.69) is 12.3 Å². The van der Waals surface area contributed by atoms with Gasteiger partial charge in [0, 0.05) is 11.6 Å². The van der Waals surface area contributed by atoms with E-state index >= 15 is 0 Å². The third-order valence-corrected chi connectivity index (χ3v) is 3.49. The maximum absolute atomic E-state index is 5.57. The number of hydrazine groups is 1. The summed E-state index contributed by atoms with van der Waals surface area (Å²) in [5, 5.41) is 0. The van der Waals surface area contributed by atoms with Crippen LogP contribution in [0.5, 0.6) is 0 Å². The number of hydrogen-bond donors (Lipinski definition) is 2. The van der Waals surface area contributed by atoms with Gasteiger partial charge in [-0.25, -0.2) is 0 Å². The van der Waals surface area contributed by atoms with Crippen molar-refractivity contribution in [2.24, 2.45) is 5.84 Å². The van der Waals surface area contributed by atoms with Gasteiger partial charge in [-0.05, 0) is 12.5 Å². The highest BCUT2D eigenvalue weighted by molar-refractivity contribution is 5.10. The number of hydrogen-bond acceptors (Lipinski definition) is 3. The third kappa shape index (κ3) is 6.22. The summed E-state index contributed by atoms with van der Waals surface area (Å²) in [6.07, 6.45) is 15.4. The molecule has 3 heteroatoms. The number of furan rings is 1. The molecule has 1 unspecified atom stereocenters. The van der Waals surface area contributed by atoms with Crippen LogP contribution in [-0.4, -0.2) is 0 Å². The molecule has 0 amide bonds. The van der Waals surface area contributed by atoms with Gasteiger partial charge in [0.05, 0.1) is 12.5 Å². The fraction of sp³-hybridized carbons (Fsp3) is 0.733. The van der Waals surface area contributed by atoms with Gasteiger partial charge < -0.3 is 4.42 Å². The first kappa shape index (κ1) is 15.3. The number of unbranched alkanes of at least 4 members (excludes halogenated alkanes) is 7. The molecular weight excluding hydrogens is 224 g/mol. The zero-order valence-corrected chi connectivity index (χ0v) is 11.7. The molecule has 0 aliphatic rings. The summed E-state index contributed by atoms with van der Waals surface area (Å²) in [6, 6.07) is 2.22. The van der Waals surface area contributed by atoms with Crippen molar-refractivity contribution in [3.63, 3.8) is 0 Å². The van der Waals surface area contributed by atoms with Gasteiger partial charge in [0.1, 0.15) is 0 Å². The van der Waals surface area contributed by atoms with Crippen LogP contribution in [0.15, 0.2) is 23.0 Å². The molecule has 1 heterocycles. The Hall–Kier alpha value is -0.800. The maximum atomic E-state index is 5.57. The molecule has 0 fully saturated rings. The van der Waals surface area contributed by atoms with Crippen molar-refractivity contribution >= 4 is 0 Å². The molecule has 0 radical (unpaired) electrons. The molecule has 3 N–H and O–H groups in total. The van der Waals surface area contributed by atoms with Crippen molar-refractivity contribution in [1.82, 2.24) is 5.43 Å². The van der Waals surface area contributed by atoms with Crippen molar-refractivity contribution < 1.29 is 4.42 Å². The molecule has 0 aliphatic heterocycles. The Bertz CT molecular complexity index is 272. The highest BCUT2D eigenvalue weighted by Crippen LogP contribution is 2.20. The lowest BCUT2D eigenvalue weighted by atomic mass is 10.0. The molecule has 0 bridgehead atoms. The molecule has 1 aromatic rings. The second kappa shape index (κ2) is 10.2. The van der Waals surface area contributed by atoms with Crippen LogP contribution in [0.2, 0.25) is 0 Å². The Morgan fingerprint density at radius 1 is 1.11 bits per heavy atom. The molecule has 1 rings (SSSR count). The zero-order valence-electron chi connectivity index (χ0n) is 11.7. The Morgan fingerprint density at radius 3 is 2.33 bits per heavy atom. The standard InChI is InChI=1S/C15H28N2O/c1-2-3-4-5-6-7-8-9-10-15(17-16)14-11-12-18-13-14/h11-13,15,17H,2-10,16H2,1H3. The molecular formula is C15H28N2O. The first-order valence-corrected chi connectivity index (χ1v) is 7.36. The van der Waals surface area contributed by atoms with E-state index in [1.807, 2.05) is 6.07 Å². The van der Waals surface area contributed by atoms with Gasteiger partial charge in [0.15, 0.2) is 0 Å². The van der Waals surface area contributed by atoms with Gasteiger partial charge in [0.25, 0.3) is 0 Å². The summed E-state index contributed by atoms with van der Waals surface area (Å²) in [6.45, 7) is 2.26. The van der Waals surface area contributed by atoms with Crippen LogP contribution in [0.1, 0.15) is 76.3 Å². The van der Waals surface area contributed by atoms with Crippen LogP contribution in [0.4, 0.5) is 0 Å². The topological polar surface area (TPSA) is 51.2 Å². The Labute approximate surface area is 111 Å². The molecule has 0 saturated heterocycles. The minimum Gasteiger partial charge on any atom is -0.472 e. The van der Waals surface area contributed by atoms with Gasteiger partial charge in [-0.15, -0.1) is 0 Å². The molecule has 0 saturated carbocycles. The molecule has 3 nitrogen and oxygen atoms in total. The van der Waals surface area contributed by atoms with E-state index in [-0.39, 0.29) is 6.04 Å². The van der Waals surface area contributed by atoms with Crippen LogP contribution in [-0.2, 0) is 0 Å². The Kier molecular flexibility index (Phi) is 8.61. The van der Waals surface area contributed by atoms with E-state index in [1.54, 1.807) is 12.5 Å². The lowest BCUT2D eigenvalue weighted by molar-refractivity contribution is 0.468. The second-order valence-corrected chi connectivity index (χ2v) is 5.04. The van der Waals surface area contributed by atoms with E-state index in [0.717, 1.165) is 12.0 Å². The van der Waals surface area contributed by atoms with E-state index in [4.69, 9.17) is 10.3 Å². The van der Waals surface area contributed by atoms with Gasteiger partial charge in [-0.1, -0.05) is 58.3 Å². The lowest BCUT2D eigenvalue weighted by Crippen LogP contribution is -2.27. The quantitative estimate of drug-likeness (QED) is 0.350. The van der Waals surface area contributed by atoms with Gasteiger partial charge in [0.2, 0.25) is 0 Å². The van der Waals surface area contributed by atoms with E-state index < -0.39 is 0 Å². The van der Waals surface area contributed by atoms with Crippen molar-refractivity contribution in [2.45, 2.75) is 70.8 Å². The van der Waals surface area contributed by atoms with Crippen molar-refractivity contribution in [2.75, 3.05) is 0 Å². The fourth-order valence-electron chi connectivity index (χ4n) is 2.30. The van der Waals surface area contributed by atoms with Crippen LogP contribution in [0.25, 0.3) is 0 Å². The number of nitrogens with one attached hydrogen (secondary N) is 1. The van der Waals surface area contributed by atoms with Crippen molar-refractivity contribution in [1.29, 1.82) is 0 Å². The Balaban J connectivity index is 1.99. The van der Waals surface area contributed by atoms with Crippen LogP contribution in [0, 0.1) is 0 Å². The average Bonchev–Trinajstić information content (AvgIpc) is 2.91. The van der Waals surface area contributed by atoms with E-state index in [9.17, 15) is 0 Å². The lowest BCUT2D eigenvalue weighted by Gasteiger charge is -2.13. The Morgan fingerprint density at radius 2 is 1.78 bits per heavy atom. The summed E-state index contributed by atoms with van der Waals surface area (Å²) in [5.41, 5.74) is 4.02. The minimum atomic E-state index is 0.240. The van der Waals surface area contributed by atoms with Gasteiger partial charge in [-0.2, -0.15) is 0 Å². The summed E-state index contributed by atoms with van der Waals surface area (Å²) < 4.78 is 5.08. The summed E-state index contributed by atoms with van der Waals surface area (Å²) in [7, 11) is 0. The van der Waals surface area contributed by atoms with E-state index in [0.29, 0.717) is 0 Å². The molecule has 104 valence electrons. The largest absolute Gasteiger partial charge is 0.472 e. The summed E-state index contributed by atoms with van der Waals surface area (Å²) in [4.78, 5) is 0. The van der Waals surface area contributed by atoms with E-state index in [1.165, 1.54) is 51.4 Å². The molecule has 18 heavy (non-hydrogen) atoms. The van der Waals surface area contributed by atoms with Crippen LogP contribution < -0.4 is 11.3 Å². The predicted octanol–water partition coefficient (Wildman–Crippen LogP) is 4.31. The normalized spacial score (nSPS) is 12.8. The first-order valence-electron chi connectivity index (χ1n) is 7.36. The van der Waals surface area contributed by atoms with Crippen LogP contribution in [0.3, 0.4) is 0 Å². The van der Waals surface area contributed by atoms with Crippen LogP contribution >= 0.6 is 0 Å². The average molecular weight is 252 g/mol. The maximum Gasteiger partial charge on any atom is 0.0950 e. The second-order valence-electron chi connectivity index (χ2n) is 5.04. The van der Waals surface area contributed by atoms with Crippen molar-refractivity contribution in [3.05, 3.63) is 24.2 Å². The third-order valence-electron chi connectivity index (χ3n) is 3.49. The van der Waals surface area contributed by atoms with Gasteiger partial charge in [-0.3, -0.25) is 11.3 Å². The smallest absolute Gasteiger partial charge is 0.0950 e. The summed E-state index contributed by atoms with van der Waals surface area (Å²) >= 11 is 0. The first-order chi connectivity index (χ1) is 8.88. The molecule has 1 atom stereocenters. The number of rotatable bonds is 11. The summed E-state index contributed by atoms with van der Waals surface area (Å²) in [5.74, 6) is 5.57. The molecule has 0 spiro atoms. The van der Waals surface area contributed by atoms with Gasteiger partial charge >= 0.3 is 0 Å². The highest BCUT2D eigenvalue weighted by Gasteiger charge is 2.09. The molecule has 0 aliphatic carbocycles. The fourth-order valence-corrected chi connectivity index (χ4v) is 2.30. The molecule has 0 aromatic carbocycles. The SMILES string of the molecule is CCCCCCCCCCC(NN)c1ccoc1. The highest BCUT2D eigenvalue weighted by atomic mass is 16.3. The molecule has 1 aromatic heterocycles. The minimum absolute atomic E-state index is 0.240. The van der Waals surface area contributed by atoms with Crippen molar-refractivity contribution in [3.8, 4) is 0 Å². The predicted molar refractivity (Wildman–Crippen MR) is 76.0 cm³/mol. The monoisotopic (exact) mass is 252 g/mol. The number of nitrogens with two attached hydrogens (primary N) is 1. The zero-order chi connectivity index (χ0) is 13.1.